The van der Waals surface area contributed by atoms with Gasteiger partial charge in [0.25, 0.3) is 0 Å². The molecule has 0 aliphatic rings. The summed E-state index contributed by atoms with van der Waals surface area (Å²) in [5.74, 6) is 0.164. The minimum Gasteiger partial charge on any atom is -0.409 e. The van der Waals surface area contributed by atoms with Gasteiger partial charge in [-0.25, -0.2) is 0 Å². The largest absolute Gasteiger partial charge is 0.409 e. The van der Waals surface area contributed by atoms with E-state index in [1.165, 1.54) is 0 Å². The molecule has 0 amide bonds. The van der Waals surface area contributed by atoms with E-state index in [1.54, 1.807) is 0 Å². The maximum Gasteiger partial charge on any atom is 0.156 e. The Morgan fingerprint density at radius 1 is 1.67 bits per heavy atom. The highest BCUT2D eigenvalue weighted by molar-refractivity contribution is 6.30. The summed E-state index contributed by atoms with van der Waals surface area (Å²) in [6.45, 7) is 2.44. The van der Waals surface area contributed by atoms with Gasteiger partial charge in [-0.05, 0) is 24.6 Å². The van der Waals surface area contributed by atoms with E-state index >= 15 is 0 Å². The molecule has 0 bridgehead atoms. The van der Waals surface area contributed by atoms with Gasteiger partial charge in [0.1, 0.15) is 0 Å². The van der Waals surface area contributed by atoms with Crippen molar-refractivity contribution in [2.45, 2.75) is 19.5 Å². The SMILES string of the molecule is CC(NCc1cccc(Cl)c1)C(N)=NO. The van der Waals surface area contributed by atoms with E-state index in [1.807, 2.05) is 31.2 Å². The predicted octanol–water partition coefficient (Wildman–Crippen LogP) is 1.56. The smallest absolute Gasteiger partial charge is 0.156 e. The summed E-state index contributed by atoms with van der Waals surface area (Å²) >= 11 is 5.83. The minimum atomic E-state index is -0.172. The molecule has 0 aliphatic carbocycles. The van der Waals surface area contributed by atoms with Crippen molar-refractivity contribution in [3.05, 3.63) is 34.9 Å². The van der Waals surface area contributed by atoms with Gasteiger partial charge in [-0.15, -0.1) is 0 Å². The van der Waals surface area contributed by atoms with Crippen molar-refractivity contribution in [1.82, 2.24) is 5.32 Å². The van der Waals surface area contributed by atoms with Crippen LogP contribution in [0.1, 0.15) is 12.5 Å². The predicted molar refractivity (Wildman–Crippen MR) is 61.2 cm³/mol. The van der Waals surface area contributed by atoms with E-state index in [0.29, 0.717) is 11.6 Å². The third kappa shape index (κ3) is 3.77. The summed E-state index contributed by atoms with van der Waals surface area (Å²) in [4.78, 5) is 0. The fourth-order valence-corrected chi connectivity index (χ4v) is 1.32. The van der Waals surface area contributed by atoms with Crippen LogP contribution in [0, 0.1) is 0 Å². The van der Waals surface area contributed by atoms with Crippen LogP contribution in [0.25, 0.3) is 0 Å². The van der Waals surface area contributed by atoms with Crippen molar-refractivity contribution in [3.8, 4) is 0 Å². The molecule has 0 aliphatic heterocycles. The Morgan fingerprint density at radius 3 is 3.00 bits per heavy atom. The van der Waals surface area contributed by atoms with Crippen LogP contribution in [-0.2, 0) is 6.54 Å². The standard InChI is InChI=1S/C10H14ClN3O/c1-7(10(12)14-15)13-6-8-3-2-4-9(11)5-8/h2-5,7,13,15H,6H2,1H3,(H2,12,14). The minimum absolute atomic E-state index is 0.164. The van der Waals surface area contributed by atoms with Gasteiger partial charge in [-0.2, -0.15) is 0 Å². The highest BCUT2D eigenvalue weighted by atomic mass is 35.5. The summed E-state index contributed by atoms with van der Waals surface area (Å²) in [7, 11) is 0. The maximum absolute atomic E-state index is 8.45. The molecule has 0 aromatic heterocycles. The van der Waals surface area contributed by atoms with Crippen molar-refractivity contribution < 1.29 is 5.21 Å². The molecule has 0 fully saturated rings. The quantitative estimate of drug-likeness (QED) is 0.317. The lowest BCUT2D eigenvalue weighted by Crippen LogP contribution is -2.38. The van der Waals surface area contributed by atoms with E-state index in [2.05, 4.69) is 10.5 Å². The summed E-state index contributed by atoms with van der Waals surface area (Å²) in [6, 6.07) is 7.35. The van der Waals surface area contributed by atoms with Gasteiger partial charge in [0.05, 0.1) is 6.04 Å². The molecule has 0 heterocycles. The molecule has 0 spiro atoms. The van der Waals surface area contributed by atoms with E-state index in [0.717, 1.165) is 5.56 Å². The van der Waals surface area contributed by atoms with Gasteiger partial charge in [-0.3, -0.25) is 0 Å². The first-order chi connectivity index (χ1) is 7.13. The second-order valence-electron chi connectivity index (χ2n) is 3.26. The first-order valence-electron chi connectivity index (χ1n) is 4.58. The lowest BCUT2D eigenvalue weighted by molar-refractivity contribution is 0.315. The van der Waals surface area contributed by atoms with Crippen molar-refractivity contribution in [2.24, 2.45) is 10.9 Å². The van der Waals surface area contributed by atoms with E-state index in [-0.39, 0.29) is 11.9 Å². The molecule has 0 radical (unpaired) electrons. The van der Waals surface area contributed by atoms with Gasteiger partial charge in [-0.1, -0.05) is 28.9 Å². The molecule has 4 N–H and O–H groups in total. The Labute approximate surface area is 93.7 Å². The van der Waals surface area contributed by atoms with Crippen LogP contribution in [0.15, 0.2) is 29.4 Å². The lowest BCUT2D eigenvalue weighted by atomic mass is 10.2. The molecule has 0 saturated carbocycles. The molecule has 1 aromatic rings. The fraction of sp³-hybridized carbons (Fsp3) is 0.300. The van der Waals surface area contributed by atoms with Crippen LogP contribution in [-0.4, -0.2) is 17.1 Å². The van der Waals surface area contributed by atoms with Gasteiger partial charge in [0.15, 0.2) is 5.84 Å². The summed E-state index contributed by atoms with van der Waals surface area (Å²) in [5.41, 5.74) is 6.48. The highest BCUT2D eigenvalue weighted by Gasteiger charge is 2.05. The Kier molecular flexibility index (Phi) is 4.39. The number of benzene rings is 1. The molecule has 1 aromatic carbocycles. The number of nitrogens with zero attached hydrogens (tertiary/aromatic N) is 1. The first kappa shape index (κ1) is 11.8. The molecule has 0 saturated heterocycles. The normalized spacial score (nSPS) is 13.9. The third-order valence-corrected chi connectivity index (χ3v) is 2.30. The number of hydrogen-bond donors (Lipinski definition) is 3. The van der Waals surface area contributed by atoms with Crippen molar-refractivity contribution in [1.29, 1.82) is 0 Å². The van der Waals surface area contributed by atoms with Gasteiger partial charge in [0, 0.05) is 11.6 Å². The molecule has 82 valence electrons. The van der Waals surface area contributed by atoms with Crippen LogP contribution in [0.5, 0.6) is 0 Å². The monoisotopic (exact) mass is 227 g/mol. The van der Waals surface area contributed by atoms with Crippen LogP contribution in [0.3, 0.4) is 0 Å². The zero-order valence-corrected chi connectivity index (χ0v) is 9.20. The second-order valence-corrected chi connectivity index (χ2v) is 3.69. The number of rotatable bonds is 4. The molecule has 1 unspecified atom stereocenters. The van der Waals surface area contributed by atoms with Crippen LogP contribution in [0.4, 0.5) is 0 Å². The number of amidine groups is 1. The number of halogens is 1. The average molecular weight is 228 g/mol. The third-order valence-electron chi connectivity index (χ3n) is 2.06. The summed E-state index contributed by atoms with van der Waals surface area (Å²) in [6.07, 6.45) is 0. The molecule has 5 heteroatoms. The first-order valence-corrected chi connectivity index (χ1v) is 4.96. The number of nitrogens with one attached hydrogen (secondary N) is 1. The van der Waals surface area contributed by atoms with Gasteiger partial charge >= 0.3 is 0 Å². The van der Waals surface area contributed by atoms with E-state index < -0.39 is 0 Å². The van der Waals surface area contributed by atoms with Crippen LogP contribution < -0.4 is 11.1 Å². The molecule has 15 heavy (non-hydrogen) atoms. The summed E-state index contributed by atoms with van der Waals surface area (Å²) in [5, 5.41) is 15.2. The zero-order valence-electron chi connectivity index (χ0n) is 8.44. The Hall–Kier alpha value is -1.26. The Bertz CT molecular complexity index is 354. The van der Waals surface area contributed by atoms with Crippen molar-refractivity contribution in [2.75, 3.05) is 0 Å². The molecular formula is C10H14ClN3O. The fourth-order valence-electron chi connectivity index (χ4n) is 1.11. The maximum atomic E-state index is 8.45. The molecule has 1 rings (SSSR count). The molecule has 1 atom stereocenters. The second kappa shape index (κ2) is 5.58. The average Bonchev–Trinajstić information content (AvgIpc) is 2.25. The van der Waals surface area contributed by atoms with Crippen LogP contribution in [0.2, 0.25) is 5.02 Å². The van der Waals surface area contributed by atoms with Gasteiger partial charge < -0.3 is 16.3 Å². The highest BCUT2D eigenvalue weighted by Crippen LogP contribution is 2.10. The molecule has 4 nitrogen and oxygen atoms in total. The lowest BCUT2D eigenvalue weighted by Gasteiger charge is -2.11. The van der Waals surface area contributed by atoms with Crippen molar-refractivity contribution >= 4 is 17.4 Å². The number of hydrogen-bond acceptors (Lipinski definition) is 3. The number of oxime groups is 1. The summed E-state index contributed by atoms with van der Waals surface area (Å²) < 4.78 is 0. The van der Waals surface area contributed by atoms with Crippen molar-refractivity contribution in [3.63, 3.8) is 0 Å². The molecular weight excluding hydrogens is 214 g/mol. The topological polar surface area (TPSA) is 70.6 Å². The van der Waals surface area contributed by atoms with E-state index in [9.17, 15) is 0 Å². The zero-order chi connectivity index (χ0) is 11.3. The Morgan fingerprint density at radius 2 is 2.40 bits per heavy atom. The van der Waals surface area contributed by atoms with Gasteiger partial charge in [0.2, 0.25) is 0 Å². The Balaban J connectivity index is 2.50. The van der Waals surface area contributed by atoms with E-state index in [4.69, 9.17) is 22.5 Å². The number of nitrogens with two attached hydrogens (primary N) is 1. The van der Waals surface area contributed by atoms with Crippen LogP contribution >= 0.6 is 11.6 Å².